The fraction of sp³-hybridized carbons (Fsp3) is 0.846. The molecule has 0 radical (unpaired) electrons. The molecule has 4 bridgehead atoms. The fourth-order valence-electron chi connectivity index (χ4n) is 8.99. The Labute approximate surface area is 200 Å². The topological polar surface area (TPSA) is 136 Å². The Balaban J connectivity index is 1.59. The number of hydrogen-bond donors (Lipinski definition) is 3. The number of hydrogen-bond acceptors (Lipinski definition) is 8. The zero-order valence-electron chi connectivity index (χ0n) is 20.3. The highest BCUT2D eigenvalue weighted by molar-refractivity contribution is 5.89. The van der Waals surface area contributed by atoms with Crippen molar-refractivity contribution in [3.63, 3.8) is 0 Å². The maximum atomic E-state index is 13.3. The normalized spacial score (nSPS) is 53.6. The van der Waals surface area contributed by atoms with Crippen LogP contribution in [-0.2, 0) is 19.1 Å². The molecule has 3 saturated carbocycles. The molecule has 8 nitrogen and oxygen atoms in total. The molecule has 0 aromatic heterocycles. The number of aliphatic hydroxyl groups excluding tert-OH is 3. The van der Waals surface area contributed by atoms with E-state index in [1.54, 1.807) is 6.92 Å². The summed E-state index contributed by atoms with van der Waals surface area (Å²) in [4.78, 5) is 26.3. The molecule has 1 heterocycles. The van der Waals surface area contributed by atoms with E-state index in [0.29, 0.717) is 18.8 Å². The van der Waals surface area contributed by atoms with E-state index < -0.39 is 52.9 Å². The first-order valence-corrected chi connectivity index (χ1v) is 12.7. The van der Waals surface area contributed by atoms with Crippen molar-refractivity contribution in [1.29, 1.82) is 0 Å². The third kappa shape index (κ3) is 2.67. The van der Waals surface area contributed by atoms with Gasteiger partial charge in [-0.2, -0.15) is 0 Å². The zero-order valence-corrected chi connectivity index (χ0v) is 20.3. The Morgan fingerprint density at radius 1 is 1.21 bits per heavy atom. The van der Waals surface area contributed by atoms with E-state index in [2.05, 4.69) is 13.0 Å². The molecule has 1 aliphatic heterocycles. The highest BCUT2D eigenvalue weighted by Crippen LogP contribution is 2.82. The van der Waals surface area contributed by atoms with Crippen molar-refractivity contribution in [1.82, 2.24) is 0 Å². The van der Waals surface area contributed by atoms with Gasteiger partial charge in [-0.3, -0.25) is 0 Å². The molecule has 8 heteroatoms. The summed E-state index contributed by atoms with van der Waals surface area (Å²) < 4.78 is 11.8. The van der Waals surface area contributed by atoms with Crippen LogP contribution in [0.25, 0.3) is 0 Å². The number of aldehydes is 1. The number of carbonyl (C=O) groups excluding carboxylic acids is 2. The van der Waals surface area contributed by atoms with E-state index in [-0.39, 0.29) is 30.3 Å². The molecule has 1 saturated heterocycles. The van der Waals surface area contributed by atoms with Crippen LogP contribution in [0.2, 0.25) is 0 Å². The van der Waals surface area contributed by atoms with E-state index in [1.807, 2.05) is 13.8 Å². The highest BCUT2D eigenvalue weighted by atomic mass is 16.7. The lowest BCUT2D eigenvalue weighted by molar-refractivity contribution is -0.338. The Morgan fingerprint density at radius 2 is 1.91 bits per heavy atom. The molecular weight excluding hydrogens is 440 g/mol. The molecule has 5 rings (SSSR count). The van der Waals surface area contributed by atoms with Gasteiger partial charge >= 0.3 is 0 Å². The summed E-state index contributed by atoms with van der Waals surface area (Å²) in [6.07, 6.45) is -0.310. The molecule has 3 N–H and O–H groups in total. The van der Waals surface area contributed by atoms with Crippen LogP contribution in [0.3, 0.4) is 0 Å². The molecule has 5 aliphatic rings. The predicted octanol–water partition coefficient (Wildman–Crippen LogP) is 0.420. The first kappa shape index (κ1) is 24.4. The van der Waals surface area contributed by atoms with E-state index in [9.17, 15) is 30.0 Å². The lowest BCUT2D eigenvalue weighted by Gasteiger charge is -2.61. The Kier molecular flexibility index (Phi) is 5.62. The van der Waals surface area contributed by atoms with Crippen LogP contribution in [0.15, 0.2) is 11.6 Å². The predicted molar refractivity (Wildman–Crippen MR) is 118 cm³/mol. The summed E-state index contributed by atoms with van der Waals surface area (Å²) >= 11 is 0. The van der Waals surface area contributed by atoms with Crippen molar-refractivity contribution in [3.05, 3.63) is 11.6 Å². The third-order valence-corrected chi connectivity index (χ3v) is 10.4. The smallest absolute Gasteiger partial charge is 0.186 e. The van der Waals surface area contributed by atoms with E-state index in [4.69, 9.17) is 9.47 Å². The minimum atomic E-state index is -1.48. The number of allylic oxidation sites excluding steroid dienone is 1. The lowest BCUT2D eigenvalue weighted by Crippen LogP contribution is -2.67. The fourth-order valence-corrected chi connectivity index (χ4v) is 8.99. The zero-order chi connectivity index (χ0) is 24.8. The first-order valence-electron chi connectivity index (χ1n) is 12.7. The van der Waals surface area contributed by atoms with Gasteiger partial charge in [0, 0.05) is 10.8 Å². The van der Waals surface area contributed by atoms with Crippen molar-refractivity contribution >= 4 is 12.3 Å². The standard InChI is InChI=1S/C26H38O8/c1-12(2)18-7-15-8-24(10-27)17-6-5-13(3)16(17)9-25(15,26(18,24)23(31)32)11-33-22-21(30)20(29)19(28)14(4)34-22/h7,10,12-17,19-22,28-30H,5-6,8-9,11H2,1-4H3,(H,31,32)/p-1/t13-,14-,15-,16-,17-,19-,20-,21+,22-,24+,25+,26+/m1/s1. The number of rotatable bonds is 6. The van der Waals surface area contributed by atoms with Crippen molar-refractivity contribution < 1.29 is 39.5 Å². The van der Waals surface area contributed by atoms with Gasteiger partial charge in [0.25, 0.3) is 0 Å². The highest BCUT2D eigenvalue weighted by Gasteiger charge is 2.81. The second-order valence-corrected chi connectivity index (χ2v) is 12.0. The van der Waals surface area contributed by atoms with Gasteiger partial charge in [-0.05, 0) is 55.8 Å². The Hall–Kier alpha value is -1.32. The molecule has 0 spiro atoms. The van der Waals surface area contributed by atoms with Crippen molar-refractivity contribution in [3.8, 4) is 0 Å². The van der Waals surface area contributed by atoms with Crippen LogP contribution >= 0.6 is 0 Å². The number of ether oxygens (including phenoxy) is 2. The van der Waals surface area contributed by atoms with Gasteiger partial charge in [0.1, 0.15) is 24.6 Å². The molecular formula is C26H37O8-. The summed E-state index contributed by atoms with van der Waals surface area (Å²) in [7, 11) is 0. The van der Waals surface area contributed by atoms with Crippen molar-refractivity contribution in [2.75, 3.05) is 6.61 Å². The van der Waals surface area contributed by atoms with Gasteiger partial charge in [-0.25, -0.2) is 0 Å². The molecule has 0 unspecified atom stereocenters. The molecule has 0 aromatic carbocycles. The molecule has 34 heavy (non-hydrogen) atoms. The largest absolute Gasteiger partial charge is 0.549 e. The molecule has 0 amide bonds. The molecule has 190 valence electrons. The van der Waals surface area contributed by atoms with Crippen LogP contribution < -0.4 is 5.11 Å². The first-order chi connectivity index (χ1) is 16.0. The minimum Gasteiger partial charge on any atom is -0.549 e. The maximum Gasteiger partial charge on any atom is 0.186 e. The number of aliphatic hydroxyl groups is 3. The third-order valence-electron chi connectivity index (χ3n) is 10.4. The Bertz CT molecular complexity index is 901. The number of carboxylic acid groups (broad SMARTS) is 1. The molecule has 4 fully saturated rings. The number of aliphatic carboxylic acids is 1. The molecule has 12 atom stereocenters. The van der Waals surface area contributed by atoms with Crippen LogP contribution in [0.1, 0.15) is 53.4 Å². The van der Waals surface area contributed by atoms with Gasteiger partial charge in [-0.1, -0.05) is 38.8 Å². The SMILES string of the molecule is CC(C)C1=C[C@@H]2C[C@]3(C=O)[C@@H]4CC[C@@H](C)[C@H]4C[C@@]2(CO[C@@H]2O[C@H](C)[C@@H](O)[C@@H](O)[C@@H]2O)[C@]13C(=O)[O-]. The number of carbonyl (C=O) groups is 2. The van der Waals surface area contributed by atoms with Gasteiger partial charge < -0.3 is 39.5 Å². The summed E-state index contributed by atoms with van der Waals surface area (Å²) in [6.45, 7) is 7.64. The van der Waals surface area contributed by atoms with Crippen molar-refractivity contribution in [2.24, 2.45) is 45.8 Å². The van der Waals surface area contributed by atoms with Crippen LogP contribution in [0.4, 0.5) is 0 Å². The number of carboxylic acids is 1. The number of fused-ring (bicyclic) bond motifs is 2. The Morgan fingerprint density at radius 3 is 2.53 bits per heavy atom. The second kappa shape index (κ2) is 7.84. The molecule has 0 aromatic rings. The van der Waals surface area contributed by atoms with Crippen LogP contribution in [0, 0.1) is 45.8 Å². The summed E-state index contributed by atoms with van der Waals surface area (Å²) in [5, 5.41) is 44.1. The van der Waals surface area contributed by atoms with E-state index in [0.717, 1.165) is 24.7 Å². The van der Waals surface area contributed by atoms with Gasteiger partial charge in [0.2, 0.25) is 0 Å². The summed E-state index contributed by atoms with van der Waals surface area (Å²) in [6, 6.07) is 0. The average Bonchev–Trinajstić information content (AvgIpc) is 3.36. The monoisotopic (exact) mass is 477 g/mol. The second-order valence-electron chi connectivity index (χ2n) is 12.0. The van der Waals surface area contributed by atoms with Crippen molar-refractivity contribution in [2.45, 2.75) is 84.1 Å². The minimum absolute atomic E-state index is 0.00742. The summed E-state index contributed by atoms with van der Waals surface area (Å²) in [5.41, 5.74) is -2.67. The quantitative estimate of drug-likeness (QED) is 0.370. The van der Waals surface area contributed by atoms with Gasteiger partial charge in [0.05, 0.1) is 24.1 Å². The van der Waals surface area contributed by atoms with Gasteiger partial charge in [-0.15, -0.1) is 0 Å². The van der Waals surface area contributed by atoms with E-state index in [1.165, 1.54) is 0 Å². The summed E-state index contributed by atoms with van der Waals surface area (Å²) in [5.74, 6) is -0.890. The maximum absolute atomic E-state index is 13.3. The van der Waals surface area contributed by atoms with Crippen LogP contribution in [0.5, 0.6) is 0 Å². The lowest BCUT2D eigenvalue weighted by atomic mass is 9.43. The van der Waals surface area contributed by atoms with Gasteiger partial charge in [0.15, 0.2) is 6.29 Å². The molecule has 4 aliphatic carbocycles. The van der Waals surface area contributed by atoms with Crippen LogP contribution in [-0.4, -0.2) is 64.9 Å². The van der Waals surface area contributed by atoms with E-state index >= 15 is 0 Å². The average molecular weight is 478 g/mol.